The van der Waals surface area contributed by atoms with Gasteiger partial charge in [0.25, 0.3) is 5.91 Å². The summed E-state index contributed by atoms with van der Waals surface area (Å²) >= 11 is 0. The lowest BCUT2D eigenvalue weighted by molar-refractivity contribution is 0.0936. The summed E-state index contributed by atoms with van der Waals surface area (Å²) in [6.07, 6.45) is 0. The summed E-state index contributed by atoms with van der Waals surface area (Å²) in [5.74, 6) is 0.281. The molecule has 31 heavy (non-hydrogen) atoms. The molecular formula is C25H30FN3O2. The van der Waals surface area contributed by atoms with Gasteiger partial charge in [0.05, 0.1) is 18.8 Å². The first kappa shape index (κ1) is 22.5. The molecule has 3 rings (SSSR count). The quantitative estimate of drug-likeness (QED) is 0.556. The Morgan fingerprint density at radius 3 is 2.42 bits per heavy atom. The van der Waals surface area contributed by atoms with Crippen LogP contribution in [0, 0.1) is 19.7 Å². The smallest absolute Gasteiger partial charge is 0.269 e. The number of halogens is 1. The summed E-state index contributed by atoms with van der Waals surface area (Å²) < 4.78 is 20.7. The van der Waals surface area contributed by atoms with Crippen molar-refractivity contribution < 1.29 is 13.9 Å². The highest BCUT2D eigenvalue weighted by Crippen LogP contribution is 2.22. The molecule has 2 aromatic carbocycles. The molecule has 6 heteroatoms. The Bertz CT molecular complexity index is 1050. The van der Waals surface area contributed by atoms with E-state index >= 15 is 0 Å². The van der Waals surface area contributed by atoms with Gasteiger partial charge in [-0.05, 0) is 60.9 Å². The summed E-state index contributed by atoms with van der Waals surface area (Å²) in [6, 6.07) is 14.0. The van der Waals surface area contributed by atoms with Crippen molar-refractivity contribution in [1.29, 1.82) is 0 Å². The van der Waals surface area contributed by atoms with Crippen LogP contribution in [0.4, 0.5) is 4.39 Å². The number of aromatic nitrogens is 2. The lowest BCUT2D eigenvalue weighted by atomic mass is 9.92. The van der Waals surface area contributed by atoms with Crippen LogP contribution in [0.2, 0.25) is 0 Å². The number of carbonyl (C=O) groups is 1. The Labute approximate surface area is 183 Å². The van der Waals surface area contributed by atoms with E-state index < -0.39 is 0 Å². The zero-order valence-electron chi connectivity index (χ0n) is 18.8. The molecule has 164 valence electrons. The highest BCUT2D eigenvalue weighted by atomic mass is 19.1. The minimum Gasteiger partial charge on any atom is -0.492 e. The van der Waals surface area contributed by atoms with Crippen LogP contribution < -0.4 is 10.1 Å². The van der Waals surface area contributed by atoms with Crippen molar-refractivity contribution in [3.8, 4) is 5.75 Å². The summed E-state index contributed by atoms with van der Waals surface area (Å²) in [5, 5.41) is 7.56. The van der Waals surface area contributed by atoms with Gasteiger partial charge in [-0.1, -0.05) is 39.0 Å². The fourth-order valence-corrected chi connectivity index (χ4v) is 3.08. The Kier molecular flexibility index (Phi) is 6.78. The lowest BCUT2D eigenvalue weighted by Crippen LogP contribution is -2.30. The second-order valence-corrected chi connectivity index (χ2v) is 8.80. The number of hydrogen-bond acceptors (Lipinski definition) is 3. The molecular weight excluding hydrogens is 393 g/mol. The van der Waals surface area contributed by atoms with E-state index in [4.69, 9.17) is 4.74 Å². The first-order valence-electron chi connectivity index (χ1n) is 10.4. The molecule has 1 amide bonds. The monoisotopic (exact) mass is 423 g/mol. The first-order valence-corrected chi connectivity index (χ1v) is 10.4. The molecule has 0 unspecified atom stereocenters. The van der Waals surface area contributed by atoms with Crippen molar-refractivity contribution >= 4 is 5.91 Å². The van der Waals surface area contributed by atoms with Crippen LogP contribution in [0.25, 0.3) is 0 Å². The molecule has 0 aliphatic rings. The summed E-state index contributed by atoms with van der Waals surface area (Å²) in [5.41, 5.74) is 4.35. The minimum atomic E-state index is -0.290. The van der Waals surface area contributed by atoms with E-state index in [2.05, 4.69) is 38.1 Å². The van der Waals surface area contributed by atoms with Gasteiger partial charge in [0.15, 0.2) is 0 Å². The van der Waals surface area contributed by atoms with Crippen LogP contribution >= 0.6 is 0 Å². The zero-order valence-corrected chi connectivity index (χ0v) is 18.8. The fourth-order valence-electron chi connectivity index (χ4n) is 3.08. The fraction of sp³-hybridized carbons (Fsp3) is 0.360. The third kappa shape index (κ3) is 5.94. The van der Waals surface area contributed by atoms with Crippen molar-refractivity contribution in [3.63, 3.8) is 0 Å². The van der Waals surface area contributed by atoms with Crippen molar-refractivity contribution in [1.82, 2.24) is 15.1 Å². The van der Waals surface area contributed by atoms with Gasteiger partial charge in [-0.15, -0.1) is 0 Å². The Morgan fingerprint density at radius 1 is 1.06 bits per heavy atom. The predicted molar refractivity (Wildman–Crippen MR) is 120 cm³/mol. The van der Waals surface area contributed by atoms with Crippen LogP contribution in [-0.4, -0.2) is 28.8 Å². The molecule has 0 fully saturated rings. The molecule has 0 bridgehead atoms. The van der Waals surface area contributed by atoms with Gasteiger partial charge < -0.3 is 10.1 Å². The topological polar surface area (TPSA) is 56.1 Å². The maximum absolute atomic E-state index is 13.2. The van der Waals surface area contributed by atoms with Crippen LogP contribution in [0.1, 0.15) is 53.6 Å². The second-order valence-electron chi connectivity index (χ2n) is 8.80. The molecule has 5 nitrogen and oxygen atoms in total. The third-order valence-corrected chi connectivity index (χ3v) is 5.16. The largest absolute Gasteiger partial charge is 0.492 e. The number of nitrogens with one attached hydrogen (secondary N) is 1. The van der Waals surface area contributed by atoms with E-state index in [1.807, 2.05) is 31.2 Å². The van der Waals surface area contributed by atoms with E-state index in [1.165, 1.54) is 23.3 Å². The van der Waals surface area contributed by atoms with Crippen molar-refractivity contribution in [2.45, 2.75) is 46.6 Å². The SMILES string of the molecule is Cc1ccc(OCCNC(=O)c2cc(C(C)(C)C)nn2Cc2ccc(F)cc2)cc1C. The Balaban J connectivity index is 1.67. The van der Waals surface area contributed by atoms with Gasteiger partial charge >= 0.3 is 0 Å². The number of benzene rings is 2. The molecule has 0 aliphatic heterocycles. The van der Waals surface area contributed by atoms with Crippen LogP contribution in [0.15, 0.2) is 48.5 Å². The minimum absolute atomic E-state index is 0.199. The van der Waals surface area contributed by atoms with Crippen molar-refractivity contribution in [3.05, 3.63) is 82.4 Å². The van der Waals surface area contributed by atoms with Gasteiger partial charge in [-0.2, -0.15) is 5.10 Å². The number of hydrogen-bond donors (Lipinski definition) is 1. The van der Waals surface area contributed by atoms with Gasteiger partial charge in [0.1, 0.15) is 23.9 Å². The molecule has 3 aromatic rings. The van der Waals surface area contributed by atoms with E-state index in [-0.39, 0.29) is 17.1 Å². The number of rotatable bonds is 7. The normalized spacial score (nSPS) is 11.4. The highest BCUT2D eigenvalue weighted by molar-refractivity contribution is 5.92. The van der Waals surface area contributed by atoms with E-state index in [9.17, 15) is 9.18 Å². The van der Waals surface area contributed by atoms with Crippen molar-refractivity contribution in [2.75, 3.05) is 13.2 Å². The third-order valence-electron chi connectivity index (χ3n) is 5.16. The molecule has 1 heterocycles. The van der Waals surface area contributed by atoms with E-state index in [1.54, 1.807) is 16.8 Å². The summed E-state index contributed by atoms with van der Waals surface area (Å²) in [7, 11) is 0. The molecule has 0 atom stereocenters. The van der Waals surface area contributed by atoms with Gasteiger partial charge in [-0.3, -0.25) is 9.48 Å². The van der Waals surface area contributed by atoms with Crippen LogP contribution in [-0.2, 0) is 12.0 Å². The second kappa shape index (κ2) is 9.33. The zero-order chi connectivity index (χ0) is 22.6. The Morgan fingerprint density at radius 2 is 1.77 bits per heavy atom. The molecule has 0 spiro atoms. The van der Waals surface area contributed by atoms with Crippen LogP contribution in [0.3, 0.4) is 0 Å². The van der Waals surface area contributed by atoms with Crippen LogP contribution in [0.5, 0.6) is 5.75 Å². The average molecular weight is 424 g/mol. The lowest BCUT2D eigenvalue weighted by Gasteiger charge is -2.14. The Hall–Kier alpha value is -3.15. The molecule has 0 aliphatic carbocycles. The molecule has 1 N–H and O–H groups in total. The standard InChI is InChI=1S/C25H30FN3O2/c1-17-6-11-21(14-18(17)2)31-13-12-27-24(30)22-15-23(25(3,4)5)28-29(22)16-19-7-9-20(26)10-8-19/h6-11,14-15H,12-13,16H2,1-5H3,(H,27,30). The summed E-state index contributed by atoms with van der Waals surface area (Å²) in [4.78, 5) is 12.9. The number of aryl methyl sites for hydroxylation is 2. The number of amides is 1. The van der Waals surface area contributed by atoms with E-state index in [0.29, 0.717) is 25.4 Å². The molecule has 0 saturated carbocycles. The maximum Gasteiger partial charge on any atom is 0.269 e. The van der Waals surface area contributed by atoms with Gasteiger partial charge in [0.2, 0.25) is 0 Å². The molecule has 1 aromatic heterocycles. The predicted octanol–water partition coefficient (Wildman–Crippen LogP) is 4.79. The maximum atomic E-state index is 13.2. The van der Waals surface area contributed by atoms with Gasteiger partial charge in [-0.25, -0.2) is 4.39 Å². The van der Waals surface area contributed by atoms with Gasteiger partial charge in [0, 0.05) is 5.41 Å². The number of ether oxygens (including phenoxy) is 1. The van der Waals surface area contributed by atoms with E-state index in [0.717, 1.165) is 17.0 Å². The summed E-state index contributed by atoms with van der Waals surface area (Å²) in [6.45, 7) is 11.4. The average Bonchev–Trinajstić information content (AvgIpc) is 3.14. The van der Waals surface area contributed by atoms with Crippen molar-refractivity contribution in [2.24, 2.45) is 0 Å². The number of carbonyl (C=O) groups excluding carboxylic acids is 1. The molecule has 0 saturated heterocycles. The number of nitrogens with zero attached hydrogens (tertiary/aromatic N) is 2. The molecule has 0 radical (unpaired) electrons. The highest BCUT2D eigenvalue weighted by Gasteiger charge is 2.23. The first-order chi connectivity index (χ1) is 14.6.